The maximum atomic E-state index is 13.3. The van der Waals surface area contributed by atoms with Crippen LogP contribution in [0, 0.1) is 5.82 Å². The number of carbonyl (C=O) groups excluding carboxylic acids is 1. The van der Waals surface area contributed by atoms with Crippen LogP contribution in [0.25, 0.3) is 16.9 Å². The van der Waals surface area contributed by atoms with Crippen LogP contribution in [0.4, 0.5) is 4.39 Å². The molecule has 1 aliphatic heterocycles. The number of amides is 1. The van der Waals surface area contributed by atoms with Crippen LogP contribution in [0.5, 0.6) is 0 Å². The van der Waals surface area contributed by atoms with Crippen molar-refractivity contribution in [3.05, 3.63) is 53.6 Å². The first-order chi connectivity index (χ1) is 13.7. The van der Waals surface area contributed by atoms with Gasteiger partial charge in [-0.3, -0.25) is 4.79 Å². The van der Waals surface area contributed by atoms with E-state index in [9.17, 15) is 9.18 Å². The van der Waals surface area contributed by atoms with Crippen molar-refractivity contribution in [2.45, 2.75) is 39.2 Å². The Labute approximate surface area is 169 Å². The van der Waals surface area contributed by atoms with Crippen molar-refractivity contribution >= 4 is 11.6 Å². The van der Waals surface area contributed by atoms with Crippen molar-refractivity contribution in [3.63, 3.8) is 0 Å². The second-order valence-electron chi connectivity index (χ2n) is 8.65. The molecular weight excluding hydrogens is 369 g/mol. The maximum Gasteiger partial charge on any atom is 0.274 e. The number of hydrogen-bond acceptors (Lipinski definition) is 4. The molecule has 7 heteroatoms. The van der Waals surface area contributed by atoms with Gasteiger partial charge in [0.25, 0.3) is 5.91 Å². The Hall–Kier alpha value is -2.80. The van der Waals surface area contributed by atoms with E-state index >= 15 is 0 Å². The van der Waals surface area contributed by atoms with Crippen LogP contribution in [0.3, 0.4) is 0 Å². The van der Waals surface area contributed by atoms with Gasteiger partial charge in [-0.1, -0.05) is 20.8 Å². The molecule has 29 heavy (non-hydrogen) atoms. The summed E-state index contributed by atoms with van der Waals surface area (Å²) >= 11 is 0. The van der Waals surface area contributed by atoms with Gasteiger partial charge in [-0.25, -0.2) is 13.9 Å². The summed E-state index contributed by atoms with van der Waals surface area (Å²) in [5, 5.41) is 7.96. The number of nitrogens with zero attached hydrogens (tertiary/aromatic N) is 4. The summed E-state index contributed by atoms with van der Waals surface area (Å²) in [5.74, 6) is -0.362. The summed E-state index contributed by atoms with van der Waals surface area (Å²) < 4.78 is 15.0. The number of fused-ring (bicyclic) bond motifs is 1. The zero-order valence-electron chi connectivity index (χ0n) is 17.2. The molecule has 1 aromatic carbocycles. The van der Waals surface area contributed by atoms with Crippen LogP contribution in [0.15, 0.2) is 36.5 Å². The third kappa shape index (κ3) is 3.74. The van der Waals surface area contributed by atoms with Crippen LogP contribution >= 0.6 is 0 Å². The molecule has 1 amide bonds. The van der Waals surface area contributed by atoms with E-state index in [1.54, 1.807) is 22.8 Å². The lowest BCUT2D eigenvalue weighted by Gasteiger charge is -2.33. The predicted molar refractivity (Wildman–Crippen MR) is 110 cm³/mol. The van der Waals surface area contributed by atoms with Gasteiger partial charge in [0.2, 0.25) is 0 Å². The number of benzene rings is 1. The van der Waals surface area contributed by atoms with Crippen molar-refractivity contribution in [3.8, 4) is 11.3 Å². The number of aromatic nitrogens is 3. The van der Waals surface area contributed by atoms with Crippen LogP contribution in [-0.4, -0.2) is 51.1 Å². The average Bonchev–Trinajstić information content (AvgIpc) is 3.11. The Kier molecular flexibility index (Phi) is 4.86. The molecule has 0 spiro atoms. The summed E-state index contributed by atoms with van der Waals surface area (Å²) in [6.07, 6.45) is 1.70. The largest absolute Gasteiger partial charge is 0.332 e. The average molecular weight is 395 g/mol. The minimum absolute atomic E-state index is 0.0762. The second-order valence-corrected chi connectivity index (χ2v) is 8.65. The van der Waals surface area contributed by atoms with Crippen LogP contribution in [0.2, 0.25) is 0 Å². The van der Waals surface area contributed by atoms with E-state index in [2.05, 4.69) is 36.2 Å². The topological polar surface area (TPSA) is 62.5 Å². The van der Waals surface area contributed by atoms with Gasteiger partial charge in [-0.05, 0) is 42.7 Å². The van der Waals surface area contributed by atoms with Gasteiger partial charge in [0.15, 0.2) is 5.65 Å². The quantitative estimate of drug-likeness (QED) is 0.723. The van der Waals surface area contributed by atoms with Crippen molar-refractivity contribution in [2.24, 2.45) is 0 Å². The van der Waals surface area contributed by atoms with E-state index < -0.39 is 0 Å². The lowest BCUT2D eigenvalue weighted by molar-refractivity contribution is 0.0650. The van der Waals surface area contributed by atoms with Crippen LogP contribution in [-0.2, 0) is 5.41 Å². The van der Waals surface area contributed by atoms with Gasteiger partial charge < -0.3 is 10.2 Å². The Bertz CT molecular complexity index is 1050. The van der Waals surface area contributed by atoms with E-state index in [0.29, 0.717) is 17.9 Å². The maximum absolute atomic E-state index is 13.3. The van der Waals surface area contributed by atoms with Gasteiger partial charge >= 0.3 is 0 Å². The van der Waals surface area contributed by atoms with E-state index in [1.807, 2.05) is 17.9 Å². The molecule has 0 aliphatic carbocycles. The molecule has 6 nitrogen and oxygen atoms in total. The fraction of sp³-hybridized carbons (Fsp3) is 0.409. The Balaban J connectivity index is 1.82. The SMILES string of the molecule is CC1CNCCN1C(=O)c1cn2nc(-c3ccc(F)cc3)cc(C(C)(C)C)c2n1. The van der Waals surface area contributed by atoms with E-state index in [4.69, 9.17) is 0 Å². The molecule has 2 aromatic heterocycles. The number of imidazole rings is 1. The van der Waals surface area contributed by atoms with E-state index in [0.717, 1.165) is 29.9 Å². The number of rotatable bonds is 2. The summed E-state index contributed by atoms with van der Waals surface area (Å²) in [7, 11) is 0. The molecule has 1 saturated heterocycles. The highest BCUT2D eigenvalue weighted by Gasteiger charge is 2.28. The van der Waals surface area contributed by atoms with E-state index in [-0.39, 0.29) is 23.2 Å². The Morgan fingerprint density at radius 1 is 1.24 bits per heavy atom. The molecule has 1 atom stereocenters. The molecule has 0 saturated carbocycles. The number of halogens is 1. The molecule has 1 fully saturated rings. The minimum Gasteiger partial charge on any atom is -0.332 e. The molecule has 3 heterocycles. The van der Waals surface area contributed by atoms with Gasteiger partial charge in [-0.2, -0.15) is 5.10 Å². The third-order valence-electron chi connectivity index (χ3n) is 5.35. The van der Waals surface area contributed by atoms with Gasteiger partial charge in [0.05, 0.1) is 11.9 Å². The molecule has 152 valence electrons. The monoisotopic (exact) mass is 395 g/mol. The molecule has 0 bridgehead atoms. The first-order valence-corrected chi connectivity index (χ1v) is 9.92. The number of hydrogen-bond donors (Lipinski definition) is 1. The molecule has 1 N–H and O–H groups in total. The lowest BCUT2D eigenvalue weighted by atomic mass is 9.87. The molecule has 3 aromatic rings. The van der Waals surface area contributed by atoms with Gasteiger partial charge in [-0.15, -0.1) is 0 Å². The van der Waals surface area contributed by atoms with Crippen LogP contribution in [0.1, 0.15) is 43.7 Å². The smallest absolute Gasteiger partial charge is 0.274 e. The first-order valence-electron chi connectivity index (χ1n) is 9.92. The lowest BCUT2D eigenvalue weighted by Crippen LogP contribution is -2.52. The minimum atomic E-state index is -0.286. The molecular formula is C22H26FN5O. The zero-order chi connectivity index (χ0) is 20.8. The van der Waals surface area contributed by atoms with Crippen molar-refractivity contribution in [1.82, 2.24) is 24.8 Å². The summed E-state index contributed by atoms with van der Waals surface area (Å²) in [4.78, 5) is 19.6. The fourth-order valence-electron chi connectivity index (χ4n) is 3.68. The number of nitrogens with one attached hydrogen (secondary N) is 1. The first kappa shape index (κ1) is 19.5. The third-order valence-corrected chi connectivity index (χ3v) is 5.35. The van der Waals surface area contributed by atoms with Crippen molar-refractivity contribution in [2.75, 3.05) is 19.6 Å². The van der Waals surface area contributed by atoms with Crippen molar-refractivity contribution in [1.29, 1.82) is 0 Å². The zero-order valence-corrected chi connectivity index (χ0v) is 17.2. The molecule has 0 radical (unpaired) electrons. The van der Waals surface area contributed by atoms with Crippen LogP contribution < -0.4 is 5.32 Å². The second kappa shape index (κ2) is 7.22. The van der Waals surface area contributed by atoms with Gasteiger partial charge in [0.1, 0.15) is 11.5 Å². The van der Waals surface area contributed by atoms with Crippen molar-refractivity contribution < 1.29 is 9.18 Å². The Morgan fingerprint density at radius 3 is 2.62 bits per heavy atom. The molecule has 1 aliphatic rings. The summed E-state index contributed by atoms with van der Waals surface area (Å²) in [6.45, 7) is 10.6. The highest BCUT2D eigenvalue weighted by Crippen LogP contribution is 2.30. The highest BCUT2D eigenvalue weighted by molar-refractivity contribution is 5.93. The summed E-state index contributed by atoms with van der Waals surface area (Å²) in [6, 6.07) is 8.37. The van der Waals surface area contributed by atoms with Gasteiger partial charge in [0, 0.05) is 36.8 Å². The normalized spacial score (nSPS) is 17.7. The molecule has 4 rings (SSSR count). The molecule has 1 unspecified atom stereocenters. The number of carbonyl (C=O) groups is 1. The predicted octanol–water partition coefficient (Wildman–Crippen LogP) is 3.27. The highest BCUT2D eigenvalue weighted by atomic mass is 19.1. The summed E-state index contributed by atoms with van der Waals surface area (Å²) in [5.41, 5.74) is 3.39. The number of piperazine rings is 1. The Morgan fingerprint density at radius 2 is 1.97 bits per heavy atom. The van der Waals surface area contributed by atoms with E-state index in [1.165, 1.54) is 12.1 Å². The fourth-order valence-corrected chi connectivity index (χ4v) is 3.68. The standard InChI is InChI=1S/C22H26FN5O/c1-14-12-24-9-10-27(14)21(29)19-13-28-20(25-19)17(22(2,3)4)11-18(26-28)15-5-7-16(23)8-6-15/h5-8,11,13-14,24H,9-10,12H2,1-4H3.